The number of aryl methyl sites for hydroxylation is 2. The number of nitrogens with zero attached hydrogens (tertiary/aromatic N) is 3. The van der Waals surface area contributed by atoms with Crippen LogP contribution in [-0.4, -0.2) is 65.7 Å². The van der Waals surface area contributed by atoms with Crippen molar-refractivity contribution >= 4 is 11.8 Å². The Labute approximate surface area is 169 Å². The topological polar surface area (TPSA) is 85.1 Å². The number of amides is 2. The van der Waals surface area contributed by atoms with Crippen LogP contribution in [0, 0.1) is 13.8 Å². The summed E-state index contributed by atoms with van der Waals surface area (Å²) >= 11 is 0. The molecule has 2 amide bonds. The minimum Gasteiger partial charge on any atom is -0.485 e. The highest BCUT2D eigenvalue weighted by molar-refractivity contribution is 5.82. The highest BCUT2D eigenvalue weighted by atomic mass is 16.6. The van der Waals surface area contributed by atoms with Gasteiger partial charge in [-0.05, 0) is 32.4 Å². The first kappa shape index (κ1) is 19.3. The molecule has 1 aromatic heterocycles. The van der Waals surface area contributed by atoms with Gasteiger partial charge in [0.15, 0.2) is 11.5 Å². The van der Waals surface area contributed by atoms with E-state index in [0.29, 0.717) is 50.5 Å². The Kier molecular flexibility index (Phi) is 5.42. The zero-order valence-corrected chi connectivity index (χ0v) is 16.7. The number of aromatic nitrogens is 1. The van der Waals surface area contributed by atoms with Crippen molar-refractivity contribution < 1.29 is 23.6 Å². The first-order chi connectivity index (χ1) is 14.0. The van der Waals surface area contributed by atoms with Crippen LogP contribution in [0.1, 0.15) is 23.4 Å². The van der Waals surface area contributed by atoms with Crippen LogP contribution >= 0.6 is 0 Å². The number of benzene rings is 1. The molecule has 4 rings (SSSR count). The van der Waals surface area contributed by atoms with E-state index in [1.165, 1.54) is 0 Å². The zero-order chi connectivity index (χ0) is 20.4. The Morgan fingerprint density at radius 2 is 1.76 bits per heavy atom. The summed E-state index contributed by atoms with van der Waals surface area (Å²) in [5.41, 5.74) is 1.84. The van der Waals surface area contributed by atoms with Gasteiger partial charge in [-0.15, -0.1) is 0 Å². The molecule has 0 saturated carbocycles. The van der Waals surface area contributed by atoms with E-state index in [1.807, 2.05) is 36.9 Å². The van der Waals surface area contributed by atoms with Gasteiger partial charge in [0.05, 0.1) is 5.69 Å². The van der Waals surface area contributed by atoms with Gasteiger partial charge in [-0.2, -0.15) is 0 Å². The number of rotatable bonds is 4. The van der Waals surface area contributed by atoms with E-state index < -0.39 is 6.10 Å². The third kappa shape index (κ3) is 4.06. The van der Waals surface area contributed by atoms with Crippen LogP contribution in [0.15, 0.2) is 28.8 Å². The van der Waals surface area contributed by atoms with Crippen molar-refractivity contribution in [3.8, 4) is 11.5 Å². The Bertz CT molecular complexity index is 882. The van der Waals surface area contributed by atoms with Gasteiger partial charge in [0.2, 0.25) is 12.0 Å². The van der Waals surface area contributed by atoms with Crippen molar-refractivity contribution in [2.45, 2.75) is 32.8 Å². The molecule has 0 radical (unpaired) electrons. The maximum absolute atomic E-state index is 12.8. The summed E-state index contributed by atoms with van der Waals surface area (Å²) in [6, 6.07) is 7.33. The van der Waals surface area contributed by atoms with Crippen LogP contribution in [0.25, 0.3) is 0 Å². The molecular weight excluding hydrogens is 374 g/mol. The number of carbonyl (C=O) groups is 2. The molecule has 8 nitrogen and oxygen atoms in total. The molecule has 2 aliphatic rings. The second-order valence-corrected chi connectivity index (χ2v) is 7.37. The van der Waals surface area contributed by atoms with Crippen molar-refractivity contribution in [2.75, 3.05) is 32.8 Å². The number of hydrogen-bond acceptors (Lipinski definition) is 6. The summed E-state index contributed by atoms with van der Waals surface area (Å²) in [6.07, 6.45) is 0.380. The van der Waals surface area contributed by atoms with Crippen LogP contribution in [0.4, 0.5) is 0 Å². The maximum Gasteiger partial charge on any atom is 0.267 e. The SMILES string of the molecule is Cc1noc(C)c1CCC(=O)N1CCN(C(=O)[C@@H]2COc3ccccc3O2)CC1. The van der Waals surface area contributed by atoms with Crippen LogP contribution in [0.5, 0.6) is 11.5 Å². The normalized spacial score (nSPS) is 18.6. The van der Waals surface area contributed by atoms with E-state index in [9.17, 15) is 9.59 Å². The predicted octanol–water partition coefficient (Wildman–Crippen LogP) is 1.73. The fourth-order valence-corrected chi connectivity index (χ4v) is 3.77. The largest absolute Gasteiger partial charge is 0.485 e. The van der Waals surface area contributed by atoms with Gasteiger partial charge in [0, 0.05) is 38.2 Å². The van der Waals surface area contributed by atoms with Crippen molar-refractivity contribution in [3.63, 3.8) is 0 Å². The zero-order valence-electron chi connectivity index (χ0n) is 16.7. The fourth-order valence-electron chi connectivity index (χ4n) is 3.77. The molecule has 3 heterocycles. The first-order valence-corrected chi connectivity index (χ1v) is 9.89. The molecule has 0 N–H and O–H groups in total. The molecular formula is C21H25N3O5. The van der Waals surface area contributed by atoms with E-state index >= 15 is 0 Å². The van der Waals surface area contributed by atoms with Crippen molar-refractivity contribution in [3.05, 3.63) is 41.3 Å². The highest BCUT2D eigenvalue weighted by Gasteiger charge is 2.33. The molecule has 1 saturated heterocycles. The van der Waals surface area contributed by atoms with Crippen LogP contribution < -0.4 is 9.47 Å². The molecule has 2 aliphatic heterocycles. The van der Waals surface area contributed by atoms with E-state index in [1.54, 1.807) is 11.0 Å². The van der Waals surface area contributed by atoms with Crippen molar-refractivity contribution in [1.82, 2.24) is 15.0 Å². The average molecular weight is 399 g/mol. The fraction of sp³-hybridized carbons (Fsp3) is 0.476. The molecule has 29 heavy (non-hydrogen) atoms. The number of piperazine rings is 1. The molecule has 154 valence electrons. The van der Waals surface area contributed by atoms with Crippen LogP contribution in [0.3, 0.4) is 0 Å². The Balaban J connectivity index is 1.27. The van der Waals surface area contributed by atoms with Gasteiger partial charge in [-0.1, -0.05) is 17.3 Å². The minimum atomic E-state index is -0.647. The Morgan fingerprint density at radius 1 is 1.07 bits per heavy atom. The third-order valence-electron chi connectivity index (χ3n) is 5.50. The van der Waals surface area contributed by atoms with Gasteiger partial charge in [-0.25, -0.2) is 0 Å². The van der Waals surface area contributed by atoms with Crippen LogP contribution in [0.2, 0.25) is 0 Å². The molecule has 0 spiro atoms. The minimum absolute atomic E-state index is 0.0864. The molecule has 2 aromatic rings. The molecule has 8 heteroatoms. The van der Waals surface area contributed by atoms with E-state index in [2.05, 4.69) is 5.16 Å². The second kappa shape index (κ2) is 8.14. The summed E-state index contributed by atoms with van der Waals surface area (Å²) in [5.74, 6) is 2.00. The molecule has 1 fully saturated rings. The lowest BCUT2D eigenvalue weighted by atomic mass is 10.1. The summed E-state index contributed by atoms with van der Waals surface area (Å²) in [6.45, 7) is 5.99. The van der Waals surface area contributed by atoms with Crippen LogP contribution in [-0.2, 0) is 16.0 Å². The standard InChI is InChI=1S/C21H25N3O5/c1-14-16(15(2)29-22-14)7-8-20(25)23-9-11-24(12-10-23)21(26)19-13-27-17-5-3-4-6-18(17)28-19/h3-6,19H,7-13H2,1-2H3/t19-/m0/s1. The van der Waals surface area contributed by atoms with Gasteiger partial charge in [0.25, 0.3) is 5.91 Å². The van der Waals surface area contributed by atoms with Gasteiger partial charge >= 0.3 is 0 Å². The molecule has 0 bridgehead atoms. The maximum atomic E-state index is 12.8. The summed E-state index contributed by atoms with van der Waals surface area (Å²) in [4.78, 5) is 28.9. The smallest absolute Gasteiger partial charge is 0.267 e. The molecule has 1 atom stereocenters. The van der Waals surface area contributed by atoms with E-state index in [4.69, 9.17) is 14.0 Å². The Morgan fingerprint density at radius 3 is 2.45 bits per heavy atom. The monoisotopic (exact) mass is 399 g/mol. The lowest BCUT2D eigenvalue weighted by Crippen LogP contribution is -2.55. The second-order valence-electron chi connectivity index (χ2n) is 7.37. The van der Waals surface area contributed by atoms with E-state index in [-0.39, 0.29) is 18.4 Å². The quantitative estimate of drug-likeness (QED) is 0.779. The third-order valence-corrected chi connectivity index (χ3v) is 5.50. The van der Waals surface area contributed by atoms with Gasteiger partial charge < -0.3 is 23.8 Å². The first-order valence-electron chi connectivity index (χ1n) is 9.89. The molecule has 1 aromatic carbocycles. The number of hydrogen-bond donors (Lipinski definition) is 0. The summed E-state index contributed by atoms with van der Waals surface area (Å²) in [5, 5.41) is 3.93. The van der Waals surface area contributed by atoms with Crippen molar-refractivity contribution in [1.29, 1.82) is 0 Å². The van der Waals surface area contributed by atoms with E-state index in [0.717, 1.165) is 17.0 Å². The number of ether oxygens (including phenoxy) is 2. The Hall–Kier alpha value is -3.03. The average Bonchev–Trinajstić information content (AvgIpc) is 3.08. The number of fused-ring (bicyclic) bond motifs is 1. The lowest BCUT2D eigenvalue weighted by Gasteiger charge is -2.37. The molecule has 0 aliphatic carbocycles. The summed E-state index contributed by atoms with van der Waals surface area (Å²) in [7, 11) is 0. The predicted molar refractivity (Wildman–Crippen MR) is 104 cm³/mol. The van der Waals surface area contributed by atoms with Gasteiger partial charge in [0.1, 0.15) is 12.4 Å². The lowest BCUT2D eigenvalue weighted by molar-refractivity contribution is -0.146. The molecule has 0 unspecified atom stereocenters. The number of para-hydroxylation sites is 2. The summed E-state index contributed by atoms with van der Waals surface area (Å²) < 4.78 is 16.6. The van der Waals surface area contributed by atoms with Gasteiger partial charge in [-0.3, -0.25) is 9.59 Å². The van der Waals surface area contributed by atoms with Crippen molar-refractivity contribution in [2.24, 2.45) is 0 Å². The highest BCUT2D eigenvalue weighted by Crippen LogP contribution is 2.31. The number of carbonyl (C=O) groups excluding carboxylic acids is 2.